The molecule has 11 heteroatoms. The smallest absolute Gasteiger partial charge is 0.338 e. The van der Waals surface area contributed by atoms with Gasteiger partial charge in [-0.1, -0.05) is 17.4 Å². The predicted molar refractivity (Wildman–Crippen MR) is 129 cm³/mol. The van der Waals surface area contributed by atoms with Gasteiger partial charge >= 0.3 is 17.9 Å². The molecule has 35 heavy (non-hydrogen) atoms. The molecule has 0 unspecified atom stereocenters. The first kappa shape index (κ1) is 24.3. The maximum atomic E-state index is 13.6. The van der Waals surface area contributed by atoms with Gasteiger partial charge in [0.2, 0.25) is 0 Å². The van der Waals surface area contributed by atoms with Crippen molar-refractivity contribution in [1.82, 2.24) is 4.57 Å². The summed E-state index contributed by atoms with van der Waals surface area (Å²) in [4.78, 5) is 54.9. The minimum absolute atomic E-state index is 0.128. The predicted octanol–water partition coefficient (Wildman–Crippen LogP) is 2.32. The summed E-state index contributed by atoms with van der Waals surface area (Å²) in [5.41, 5.74) is 0.825. The lowest BCUT2D eigenvalue weighted by molar-refractivity contribution is -0.137. The molecule has 0 spiro atoms. The van der Waals surface area contributed by atoms with Gasteiger partial charge in [0.15, 0.2) is 4.80 Å². The zero-order valence-corrected chi connectivity index (χ0v) is 20.8. The summed E-state index contributed by atoms with van der Waals surface area (Å²) >= 11 is 2.56. The molecule has 0 amide bonds. The van der Waals surface area contributed by atoms with E-state index in [-0.39, 0.29) is 17.1 Å². The van der Waals surface area contributed by atoms with Gasteiger partial charge in [-0.05, 0) is 36.6 Å². The number of nitrogens with zero attached hydrogens (tertiary/aromatic N) is 2. The quantitative estimate of drug-likeness (QED) is 0.381. The van der Waals surface area contributed by atoms with Gasteiger partial charge in [0.05, 0.1) is 22.9 Å². The number of methoxy groups -OCH3 is 1. The lowest BCUT2D eigenvalue weighted by atomic mass is 10.0. The molecular weight excluding hydrogens is 492 g/mol. The Labute approximate surface area is 207 Å². The van der Waals surface area contributed by atoms with Crippen LogP contribution in [-0.4, -0.2) is 29.6 Å². The molecule has 1 aliphatic heterocycles. The van der Waals surface area contributed by atoms with Crippen molar-refractivity contribution in [3.63, 3.8) is 0 Å². The zero-order chi connectivity index (χ0) is 25.3. The Balaban J connectivity index is 1.91. The van der Waals surface area contributed by atoms with Gasteiger partial charge in [-0.2, -0.15) is 0 Å². The van der Waals surface area contributed by atoms with Crippen molar-refractivity contribution in [2.45, 2.75) is 26.8 Å². The molecule has 0 aliphatic carbocycles. The van der Waals surface area contributed by atoms with Crippen molar-refractivity contribution < 1.29 is 28.6 Å². The van der Waals surface area contributed by atoms with Crippen LogP contribution in [0.3, 0.4) is 0 Å². The van der Waals surface area contributed by atoms with E-state index in [4.69, 9.17) is 14.2 Å². The van der Waals surface area contributed by atoms with Crippen LogP contribution in [0.15, 0.2) is 56.8 Å². The highest BCUT2D eigenvalue weighted by Crippen LogP contribution is 2.33. The SMILES string of the molecule is COC(=O)C1=C(C)N=c2s/c(=C/c3ccc(OC(C)=O)cc3OC(C)=O)c(=O)n2[C@H]1c1cccs1. The van der Waals surface area contributed by atoms with Crippen molar-refractivity contribution in [2.24, 2.45) is 4.99 Å². The van der Waals surface area contributed by atoms with Gasteiger partial charge < -0.3 is 14.2 Å². The number of ether oxygens (including phenoxy) is 3. The van der Waals surface area contributed by atoms with Crippen LogP contribution in [0, 0.1) is 0 Å². The Morgan fingerprint density at radius 3 is 2.49 bits per heavy atom. The maximum Gasteiger partial charge on any atom is 0.338 e. The number of hydrogen-bond donors (Lipinski definition) is 0. The average molecular weight is 513 g/mol. The van der Waals surface area contributed by atoms with Gasteiger partial charge in [0.1, 0.15) is 17.5 Å². The van der Waals surface area contributed by atoms with Gasteiger partial charge in [0.25, 0.3) is 5.56 Å². The van der Waals surface area contributed by atoms with Crippen molar-refractivity contribution in [2.75, 3.05) is 7.11 Å². The minimum Gasteiger partial charge on any atom is -0.466 e. The fraction of sp³-hybridized carbons (Fsp3) is 0.208. The molecule has 0 saturated heterocycles. The molecule has 2 aromatic heterocycles. The Bertz CT molecular complexity index is 1550. The summed E-state index contributed by atoms with van der Waals surface area (Å²) in [5, 5.41) is 1.87. The van der Waals surface area contributed by atoms with Crippen LogP contribution in [0.5, 0.6) is 11.5 Å². The second-order valence-corrected chi connectivity index (χ2v) is 9.46. The van der Waals surface area contributed by atoms with Crippen LogP contribution in [0.4, 0.5) is 0 Å². The fourth-order valence-electron chi connectivity index (χ4n) is 3.66. The molecule has 1 aliphatic rings. The first-order valence-electron chi connectivity index (χ1n) is 10.3. The monoisotopic (exact) mass is 512 g/mol. The van der Waals surface area contributed by atoms with Crippen LogP contribution in [0.25, 0.3) is 6.08 Å². The van der Waals surface area contributed by atoms with Gasteiger partial charge in [-0.3, -0.25) is 19.0 Å². The number of hydrogen-bond acceptors (Lipinski definition) is 10. The van der Waals surface area contributed by atoms with Crippen LogP contribution in [0.1, 0.15) is 37.3 Å². The number of rotatable bonds is 5. The number of carbonyl (C=O) groups excluding carboxylic acids is 3. The lowest BCUT2D eigenvalue weighted by Gasteiger charge is -2.22. The first-order chi connectivity index (χ1) is 16.7. The van der Waals surface area contributed by atoms with E-state index in [1.54, 1.807) is 19.1 Å². The van der Waals surface area contributed by atoms with E-state index in [2.05, 4.69) is 4.99 Å². The largest absolute Gasteiger partial charge is 0.466 e. The lowest BCUT2D eigenvalue weighted by Crippen LogP contribution is -2.39. The van der Waals surface area contributed by atoms with Crippen molar-refractivity contribution in [1.29, 1.82) is 0 Å². The Morgan fingerprint density at radius 1 is 1.11 bits per heavy atom. The second-order valence-electron chi connectivity index (χ2n) is 7.48. The van der Waals surface area contributed by atoms with E-state index in [1.807, 2.05) is 17.5 Å². The highest BCUT2D eigenvalue weighted by Gasteiger charge is 2.33. The van der Waals surface area contributed by atoms with E-state index in [0.29, 0.717) is 26.2 Å². The third kappa shape index (κ3) is 4.86. The zero-order valence-electron chi connectivity index (χ0n) is 19.2. The molecule has 4 rings (SSSR count). The standard InChI is InChI=1S/C24H20N2O7S2/c1-12-20(23(30)31-4)21(18-6-5-9-34-18)26-22(29)19(35-24(26)25-12)10-15-7-8-16(32-13(2)27)11-17(15)33-14(3)28/h5-11,21H,1-4H3/b19-10+/t21-/m0/s1. The molecule has 9 nitrogen and oxygen atoms in total. The molecule has 1 atom stereocenters. The van der Waals surface area contributed by atoms with Crippen molar-refractivity contribution in [3.8, 4) is 11.5 Å². The molecule has 0 fully saturated rings. The highest BCUT2D eigenvalue weighted by atomic mass is 32.1. The number of thiophene rings is 1. The van der Waals surface area contributed by atoms with Crippen LogP contribution in [0.2, 0.25) is 0 Å². The Kier molecular flexibility index (Phi) is 6.81. The van der Waals surface area contributed by atoms with E-state index in [1.165, 1.54) is 49.0 Å². The third-order valence-corrected chi connectivity index (χ3v) is 6.93. The molecule has 0 N–H and O–H groups in total. The summed E-state index contributed by atoms with van der Waals surface area (Å²) in [7, 11) is 1.29. The van der Waals surface area contributed by atoms with E-state index in [0.717, 1.165) is 16.2 Å². The summed E-state index contributed by atoms with van der Waals surface area (Å²) in [6.45, 7) is 4.21. The fourth-order valence-corrected chi connectivity index (χ4v) is 5.52. The molecule has 0 bridgehead atoms. The van der Waals surface area contributed by atoms with Crippen molar-refractivity contribution >= 4 is 46.7 Å². The summed E-state index contributed by atoms with van der Waals surface area (Å²) in [5.74, 6) is -1.33. The molecule has 1 aromatic carbocycles. The number of benzene rings is 1. The number of carbonyl (C=O) groups is 3. The molecule has 0 saturated carbocycles. The van der Waals surface area contributed by atoms with E-state index in [9.17, 15) is 19.2 Å². The second kappa shape index (κ2) is 9.80. The first-order valence-corrected chi connectivity index (χ1v) is 12.0. The van der Waals surface area contributed by atoms with Gasteiger partial charge in [0, 0.05) is 30.4 Å². The topological polar surface area (TPSA) is 113 Å². The number of aromatic nitrogens is 1. The molecular formula is C24H20N2O7S2. The average Bonchev–Trinajstić information content (AvgIpc) is 3.42. The van der Waals surface area contributed by atoms with Crippen LogP contribution in [-0.2, 0) is 19.1 Å². The summed E-state index contributed by atoms with van der Waals surface area (Å²) < 4.78 is 17.1. The van der Waals surface area contributed by atoms with Gasteiger partial charge in [-0.25, -0.2) is 9.79 Å². The number of fused-ring (bicyclic) bond motifs is 1. The minimum atomic E-state index is -0.680. The Hall–Kier alpha value is -3.83. The van der Waals surface area contributed by atoms with E-state index >= 15 is 0 Å². The normalized spacial score (nSPS) is 15.3. The van der Waals surface area contributed by atoms with Crippen LogP contribution < -0.4 is 24.4 Å². The number of allylic oxidation sites excluding steroid dienone is 1. The maximum absolute atomic E-state index is 13.6. The molecule has 3 heterocycles. The summed E-state index contributed by atoms with van der Waals surface area (Å²) in [6.07, 6.45) is 1.57. The third-order valence-electron chi connectivity index (χ3n) is 5.03. The Morgan fingerprint density at radius 2 is 1.86 bits per heavy atom. The molecule has 3 aromatic rings. The van der Waals surface area contributed by atoms with Crippen molar-refractivity contribution in [3.05, 3.63) is 77.1 Å². The highest BCUT2D eigenvalue weighted by molar-refractivity contribution is 7.10. The molecule has 0 radical (unpaired) electrons. The summed E-state index contributed by atoms with van der Waals surface area (Å²) in [6, 6.07) is 7.53. The number of thiazole rings is 1. The molecule has 180 valence electrons. The van der Waals surface area contributed by atoms with E-state index < -0.39 is 23.9 Å². The van der Waals surface area contributed by atoms with Crippen LogP contribution >= 0.6 is 22.7 Å². The van der Waals surface area contributed by atoms with Gasteiger partial charge in [-0.15, -0.1) is 11.3 Å². The number of esters is 3.